The number of primary sulfonamides is 1. The van der Waals surface area contributed by atoms with Crippen molar-refractivity contribution >= 4 is 27.6 Å². The van der Waals surface area contributed by atoms with Gasteiger partial charge >= 0.3 is 11.9 Å². The molecule has 2 N–H and O–H groups in total. The molecule has 1 heterocycles. The molecule has 136 valence electrons. The number of nitrogens with two attached hydrogens (primary N) is 1. The van der Waals surface area contributed by atoms with Gasteiger partial charge in [-0.1, -0.05) is 6.07 Å². The summed E-state index contributed by atoms with van der Waals surface area (Å²) >= 11 is 0. The van der Waals surface area contributed by atoms with Crippen molar-refractivity contribution in [1.29, 1.82) is 0 Å². The lowest BCUT2D eigenvalue weighted by Gasteiger charge is -2.31. The second kappa shape index (κ2) is 7.21. The first-order valence-corrected chi connectivity index (χ1v) is 8.63. The van der Waals surface area contributed by atoms with Crippen LogP contribution < -0.4 is 10.0 Å². The molecule has 1 aromatic carbocycles. The molecule has 1 aromatic rings. The fourth-order valence-corrected chi connectivity index (χ4v) is 3.21. The fourth-order valence-electron chi connectivity index (χ4n) is 2.41. The zero-order chi connectivity index (χ0) is 18.8. The number of hydrogen-bond donors (Lipinski definition) is 1. The van der Waals surface area contributed by atoms with Crippen LogP contribution >= 0.6 is 0 Å². The maximum Gasteiger partial charge on any atom is 0.355 e. The van der Waals surface area contributed by atoms with E-state index in [0.717, 1.165) is 0 Å². The van der Waals surface area contributed by atoms with Gasteiger partial charge in [-0.25, -0.2) is 23.1 Å². The third kappa shape index (κ3) is 3.81. The van der Waals surface area contributed by atoms with Crippen LogP contribution in [0.3, 0.4) is 0 Å². The van der Waals surface area contributed by atoms with Crippen LogP contribution in [0.2, 0.25) is 0 Å². The van der Waals surface area contributed by atoms with Gasteiger partial charge in [-0.2, -0.15) is 0 Å². The van der Waals surface area contributed by atoms with Crippen molar-refractivity contribution in [3.8, 4) is 0 Å². The van der Waals surface area contributed by atoms with Gasteiger partial charge in [0.05, 0.1) is 31.3 Å². The first-order valence-electron chi connectivity index (χ1n) is 7.09. The topological polar surface area (TPSA) is 125 Å². The second-order valence-electron chi connectivity index (χ2n) is 5.21. The Balaban J connectivity index is 2.64. The van der Waals surface area contributed by atoms with Gasteiger partial charge in [0.2, 0.25) is 10.0 Å². The molecule has 1 aliphatic heterocycles. The molecule has 0 atom stereocenters. The molecule has 0 fully saturated rings. The van der Waals surface area contributed by atoms with Crippen molar-refractivity contribution in [2.24, 2.45) is 5.14 Å². The molecule has 0 aromatic heterocycles. The molecule has 2 rings (SSSR count). The lowest BCUT2D eigenvalue weighted by atomic mass is 10.1. The summed E-state index contributed by atoms with van der Waals surface area (Å²) in [5, 5.41) is 5.22. The molecule has 9 nitrogen and oxygen atoms in total. The van der Waals surface area contributed by atoms with E-state index in [1.165, 1.54) is 31.3 Å². The molecule has 1 aliphatic rings. The molecular weight excluding hydrogens is 352 g/mol. The Labute approximate surface area is 145 Å². The predicted molar refractivity (Wildman–Crippen MR) is 86.9 cm³/mol. The number of methoxy groups -OCH3 is 2. The van der Waals surface area contributed by atoms with Crippen LogP contribution in [0.15, 0.2) is 34.4 Å². The van der Waals surface area contributed by atoms with E-state index in [-0.39, 0.29) is 29.5 Å². The lowest BCUT2D eigenvalue weighted by molar-refractivity contribution is -0.140. The summed E-state index contributed by atoms with van der Waals surface area (Å²) in [6.45, 7) is 1.37. The summed E-state index contributed by atoms with van der Waals surface area (Å²) in [7, 11) is -1.62. The number of carbonyl (C=O) groups is 2. The number of benzene rings is 1. The van der Waals surface area contributed by atoms with Crippen LogP contribution in [-0.4, -0.2) is 47.9 Å². The maximum absolute atomic E-state index is 12.2. The smallest absolute Gasteiger partial charge is 0.355 e. The number of hydrogen-bond acceptors (Lipinski definition) is 8. The van der Waals surface area contributed by atoms with Crippen LogP contribution in [0.1, 0.15) is 5.56 Å². The standard InChI is InChI=1S/C15H18N2O7S/c1-9-4-5-10(6-12(9)25(16,20)21)17-8-24-7-11(14(18)22-2)13(17)15(19)23-3/h4-6H,7-8H2,1-3H3,(H2,16,20,21). The molecular formula is C15H18N2O7S. The van der Waals surface area contributed by atoms with Crippen molar-refractivity contribution in [2.45, 2.75) is 11.8 Å². The zero-order valence-corrected chi connectivity index (χ0v) is 14.8. The molecule has 0 amide bonds. The van der Waals surface area contributed by atoms with E-state index in [1.807, 2.05) is 0 Å². The molecule has 0 saturated carbocycles. The third-order valence-electron chi connectivity index (χ3n) is 3.62. The molecule has 0 unspecified atom stereocenters. The molecule has 0 saturated heterocycles. The Morgan fingerprint density at radius 1 is 1.20 bits per heavy atom. The highest BCUT2D eigenvalue weighted by atomic mass is 32.2. The number of sulfonamides is 1. The van der Waals surface area contributed by atoms with Gasteiger partial charge in [-0.05, 0) is 24.6 Å². The number of anilines is 1. The number of rotatable bonds is 4. The summed E-state index contributed by atoms with van der Waals surface area (Å²) in [6, 6.07) is 4.42. The van der Waals surface area contributed by atoms with Crippen molar-refractivity contribution in [2.75, 3.05) is 32.5 Å². The number of esters is 2. The van der Waals surface area contributed by atoms with Gasteiger partial charge in [0.1, 0.15) is 12.4 Å². The minimum atomic E-state index is -3.96. The predicted octanol–water partition coefficient (Wildman–Crippen LogP) is 0.0366. The van der Waals surface area contributed by atoms with E-state index in [1.54, 1.807) is 13.0 Å². The Kier molecular flexibility index (Phi) is 5.45. The van der Waals surface area contributed by atoms with Crippen LogP contribution in [0.25, 0.3) is 0 Å². The minimum Gasteiger partial charge on any atom is -0.466 e. The highest BCUT2D eigenvalue weighted by Gasteiger charge is 2.32. The first kappa shape index (κ1) is 18.9. The minimum absolute atomic E-state index is 0.0293. The van der Waals surface area contributed by atoms with E-state index >= 15 is 0 Å². The fraction of sp³-hybridized carbons (Fsp3) is 0.333. The maximum atomic E-state index is 12.2. The second-order valence-corrected chi connectivity index (χ2v) is 6.74. The summed E-state index contributed by atoms with van der Waals surface area (Å²) in [4.78, 5) is 25.4. The summed E-state index contributed by atoms with van der Waals surface area (Å²) < 4.78 is 38.2. The van der Waals surface area contributed by atoms with E-state index in [4.69, 9.17) is 14.6 Å². The lowest BCUT2D eigenvalue weighted by Crippen LogP contribution is -2.38. The van der Waals surface area contributed by atoms with Crippen LogP contribution in [0, 0.1) is 6.92 Å². The molecule has 0 aliphatic carbocycles. The number of carbonyl (C=O) groups excluding carboxylic acids is 2. The van der Waals surface area contributed by atoms with Gasteiger partial charge in [0.15, 0.2) is 0 Å². The van der Waals surface area contributed by atoms with Crippen LogP contribution in [0.5, 0.6) is 0 Å². The monoisotopic (exact) mass is 370 g/mol. The van der Waals surface area contributed by atoms with Gasteiger partial charge in [-0.15, -0.1) is 0 Å². The molecule has 0 bridgehead atoms. The number of nitrogens with zero attached hydrogens (tertiary/aromatic N) is 1. The highest BCUT2D eigenvalue weighted by molar-refractivity contribution is 7.89. The van der Waals surface area contributed by atoms with Crippen molar-refractivity contribution in [3.05, 3.63) is 35.0 Å². The number of aryl methyl sites for hydroxylation is 1. The Hall–Kier alpha value is -2.43. The average molecular weight is 370 g/mol. The summed E-state index contributed by atoms with van der Waals surface area (Å²) in [5.74, 6) is -1.52. The quantitative estimate of drug-likeness (QED) is 0.736. The van der Waals surface area contributed by atoms with E-state index < -0.39 is 22.0 Å². The van der Waals surface area contributed by atoms with Gasteiger partial charge in [0, 0.05) is 5.69 Å². The first-order chi connectivity index (χ1) is 11.7. The van der Waals surface area contributed by atoms with Gasteiger partial charge in [0.25, 0.3) is 0 Å². The van der Waals surface area contributed by atoms with Gasteiger partial charge < -0.3 is 19.1 Å². The van der Waals surface area contributed by atoms with E-state index in [9.17, 15) is 18.0 Å². The van der Waals surface area contributed by atoms with Crippen LogP contribution in [-0.2, 0) is 33.8 Å². The summed E-state index contributed by atoms with van der Waals surface area (Å²) in [5.41, 5.74) is 0.639. The Morgan fingerprint density at radius 3 is 2.40 bits per heavy atom. The number of ether oxygens (including phenoxy) is 3. The largest absolute Gasteiger partial charge is 0.466 e. The normalized spacial score (nSPS) is 15.1. The summed E-state index contributed by atoms with van der Waals surface area (Å²) in [6.07, 6.45) is 0. The third-order valence-corrected chi connectivity index (χ3v) is 4.68. The van der Waals surface area contributed by atoms with E-state index in [0.29, 0.717) is 11.3 Å². The van der Waals surface area contributed by atoms with Crippen molar-refractivity contribution in [3.63, 3.8) is 0 Å². The SMILES string of the molecule is COC(=O)C1=C(C(=O)OC)N(c2ccc(C)c(S(N)(=O)=O)c2)COC1. The molecule has 0 spiro atoms. The highest BCUT2D eigenvalue weighted by Crippen LogP contribution is 2.29. The molecule has 10 heteroatoms. The molecule has 0 radical (unpaired) electrons. The van der Waals surface area contributed by atoms with Crippen molar-refractivity contribution in [1.82, 2.24) is 0 Å². The molecule has 25 heavy (non-hydrogen) atoms. The van der Waals surface area contributed by atoms with Gasteiger partial charge in [-0.3, -0.25) is 0 Å². The van der Waals surface area contributed by atoms with Crippen LogP contribution in [0.4, 0.5) is 5.69 Å². The van der Waals surface area contributed by atoms with Crippen molar-refractivity contribution < 1.29 is 32.2 Å². The Bertz CT molecular complexity index is 845. The Morgan fingerprint density at radius 2 is 1.84 bits per heavy atom. The van der Waals surface area contributed by atoms with E-state index in [2.05, 4.69) is 4.74 Å². The average Bonchev–Trinajstić information content (AvgIpc) is 2.59. The zero-order valence-electron chi connectivity index (χ0n) is 13.9.